The van der Waals surface area contributed by atoms with Crippen LogP contribution in [0.25, 0.3) is 0 Å². The summed E-state index contributed by atoms with van der Waals surface area (Å²) in [5.41, 5.74) is 0. The molecule has 4 nitrogen and oxygen atoms in total. The van der Waals surface area contributed by atoms with Gasteiger partial charge in [-0.3, -0.25) is 9.28 Å². The maximum Gasteiger partial charge on any atom is 0.221 e. The van der Waals surface area contributed by atoms with E-state index < -0.39 is 0 Å². The van der Waals surface area contributed by atoms with Gasteiger partial charge < -0.3 is 10.6 Å². The highest BCUT2D eigenvalue weighted by molar-refractivity contribution is 5.72. The first-order valence-corrected chi connectivity index (χ1v) is 13.3. The van der Waals surface area contributed by atoms with Crippen LogP contribution in [0.5, 0.6) is 0 Å². The molecule has 3 atom stereocenters. The average molecular weight is 435 g/mol. The van der Waals surface area contributed by atoms with Crippen LogP contribution >= 0.6 is 0 Å². The van der Waals surface area contributed by atoms with E-state index in [1.165, 1.54) is 89.9 Å². The first-order chi connectivity index (χ1) is 15.1. The molecule has 1 amide bonds. The molecule has 1 rings (SSSR count). The fourth-order valence-electron chi connectivity index (χ4n) is 4.86. The molecule has 31 heavy (non-hydrogen) atoms. The summed E-state index contributed by atoms with van der Waals surface area (Å²) in [5.74, 6) is 0.0500. The topological polar surface area (TPSA) is 41.1 Å². The van der Waals surface area contributed by atoms with Gasteiger partial charge in [-0.05, 0) is 39.0 Å². The lowest BCUT2D eigenvalue weighted by molar-refractivity contribution is -0.923. The van der Waals surface area contributed by atoms with Crippen molar-refractivity contribution in [3.8, 4) is 0 Å². The Balaban J connectivity index is 2.04. The fraction of sp³-hybridized carbons (Fsp3) is 0.815. The molecular weight excluding hydrogens is 382 g/mol. The second-order valence-corrected chi connectivity index (χ2v) is 9.41. The highest BCUT2D eigenvalue weighted by Crippen LogP contribution is 2.26. The Bertz CT molecular complexity index is 517. The van der Waals surface area contributed by atoms with Gasteiger partial charge in [-0.15, -0.1) is 0 Å². The lowest BCUT2D eigenvalue weighted by Gasteiger charge is -2.41. The van der Waals surface area contributed by atoms with Crippen LogP contribution in [-0.4, -0.2) is 29.3 Å². The van der Waals surface area contributed by atoms with Crippen molar-refractivity contribution in [2.75, 3.05) is 6.54 Å². The molecule has 0 aromatic heterocycles. The summed E-state index contributed by atoms with van der Waals surface area (Å²) in [5, 5.41) is 6.63. The minimum absolute atomic E-state index is 0.0500. The zero-order valence-corrected chi connectivity index (χ0v) is 21.1. The maximum absolute atomic E-state index is 11.5. The molecule has 0 aliphatic carbocycles. The van der Waals surface area contributed by atoms with Gasteiger partial charge in [0, 0.05) is 20.3 Å². The number of allylic oxidation sites excluding steroid dienone is 2. The van der Waals surface area contributed by atoms with E-state index in [-0.39, 0.29) is 12.1 Å². The third-order valence-electron chi connectivity index (χ3n) is 6.89. The van der Waals surface area contributed by atoms with Gasteiger partial charge in [0.05, 0.1) is 12.7 Å². The van der Waals surface area contributed by atoms with Gasteiger partial charge in [0.2, 0.25) is 5.91 Å². The summed E-state index contributed by atoms with van der Waals surface area (Å²) < 4.78 is 0.809. The second kappa shape index (κ2) is 17.3. The molecule has 0 aromatic rings. The van der Waals surface area contributed by atoms with Crippen molar-refractivity contribution >= 4 is 5.91 Å². The van der Waals surface area contributed by atoms with Gasteiger partial charge >= 0.3 is 0 Å². The zero-order valence-electron chi connectivity index (χ0n) is 21.1. The number of carbonyl (C=O) groups excluding carboxylic acids is 1. The SMILES string of the molecule is CCCCCCCCC/C=C/CCCCCCCC1NC=C[N+]1(CC)C(C)NC(C)=O. The molecule has 180 valence electrons. The molecule has 0 bridgehead atoms. The molecule has 0 saturated heterocycles. The van der Waals surface area contributed by atoms with Gasteiger partial charge in [0.1, 0.15) is 6.20 Å². The van der Waals surface area contributed by atoms with Crippen molar-refractivity contribution in [3.05, 3.63) is 24.6 Å². The summed E-state index contributed by atoms with van der Waals surface area (Å²) in [4.78, 5) is 11.5. The average Bonchev–Trinajstić information content (AvgIpc) is 3.17. The Labute approximate surface area is 193 Å². The predicted molar refractivity (Wildman–Crippen MR) is 134 cm³/mol. The molecule has 1 aliphatic rings. The van der Waals surface area contributed by atoms with E-state index in [1.807, 2.05) is 0 Å². The molecule has 3 unspecified atom stereocenters. The van der Waals surface area contributed by atoms with Crippen LogP contribution in [0.1, 0.15) is 124 Å². The summed E-state index contributed by atoms with van der Waals surface area (Å²) in [6.07, 6.45) is 29.6. The molecule has 0 radical (unpaired) electrons. The molecule has 0 saturated carbocycles. The Morgan fingerprint density at radius 1 is 0.935 bits per heavy atom. The summed E-state index contributed by atoms with van der Waals surface area (Å²) in [6.45, 7) is 9.21. The van der Waals surface area contributed by atoms with Gasteiger partial charge in [-0.1, -0.05) is 76.9 Å². The van der Waals surface area contributed by atoms with Crippen LogP contribution in [0.2, 0.25) is 0 Å². The molecule has 1 aliphatic heterocycles. The molecule has 0 fully saturated rings. The van der Waals surface area contributed by atoms with Gasteiger partial charge in [0.15, 0.2) is 12.3 Å². The van der Waals surface area contributed by atoms with E-state index in [4.69, 9.17) is 0 Å². The van der Waals surface area contributed by atoms with Crippen LogP contribution in [0.15, 0.2) is 24.6 Å². The Hall–Kier alpha value is -1.29. The Kier molecular flexibility index (Phi) is 15.5. The van der Waals surface area contributed by atoms with Crippen LogP contribution in [0, 0.1) is 0 Å². The predicted octanol–water partition coefficient (Wildman–Crippen LogP) is 7.13. The van der Waals surface area contributed by atoms with Crippen LogP contribution in [0.3, 0.4) is 0 Å². The Morgan fingerprint density at radius 2 is 1.48 bits per heavy atom. The number of unbranched alkanes of at least 4 members (excludes halogenated alkanes) is 12. The van der Waals surface area contributed by atoms with E-state index in [0.29, 0.717) is 6.17 Å². The lowest BCUT2D eigenvalue weighted by Crippen LogP contribution is -2.62. The number of nitrogens with one attached hydrogen (secondary N) is 2. The largest absolute Gasteiger partial charge is 0.338 e. The number of amides is 1. The van der Waals surface area contributed by atoms with E-state index in [9.17, 15) is 4.79 Å². The van der Waals surface area contributed by atoms with Crippen LogP contribution in [0.4, 0.5) is 0 Å². The number of hydrogen-bond donors (Lipinski definition) is 2. The van der Waals surface area contributed by atoms with Crippen molar-refractivity contribution in [1.82, 2.24) is 10.6 Å². The molecule has 4 heteroatoms. The van der Waals surface area contributed by atoms with Gasteiger partial charge in [0.25, 0.3) is 0 Å². The Morgan fingerprint density at radius 3 is 2.03 bits per heavy atom. The first kappa shape index (κ1) is 27.7. The highest BCUT2D eigenvalue weighted by Gasteiger charge is 2.41. The summed E-state index contributed by atoms with van der Waals surface area (Å²) >= 11 is 0. The van der Waals surface area contributed by atoms with Crippen molar-refractivity contribution in [2.24, 2.45) is 0 Å². The summed E-state index contributed by atoms with van der Waals surface area (Å²) in [6, 6.07) is 0. The third-order valence-corrected chi connectivity index (χ3v) is 6.89. The van der Waals surface area contributed by atoms with Gasteiger partial charge in [-0.2, -0.15) is 0 Å². The van der Waals surface area contributed by atoms with Gasteiger partial charge in [-0.25, -0.2) is 0 Å². The maximum atomic E-state index is 11.5. The standard InChI is InChI=1S/C27H51N3O/c1-5-7-8-9-10-11-12-13-14-15-16-17-18-19-20-21-22-27-28-23-24-30(27,6-2)25(3)29-26(4)31/h14-15,23-25,27-28H,5-13,16-22H2,1-4H3/p+1/b15-14+. The van der Waals surface area contributed by atoms with Crippen molar-refractivity contribution in [1.29, 1.82) is 0 Å². The number of hydrogen-bond acceptors (Lipinski definition) is 2. The number of rotatable bonds is 19. The van der Waals surface area contributed by atoms with E-state index >= 15 is 0 Å². The molecule has 1 heterocycles. The molecule has 0 aromatic carbocycles. The normalized spacial score (nSPS) is 21.5. The molecular formula is C27H52N3O+. The first-order valence-electron chi connectivity index (χ1n) is 13.3. The number of quaternary nitrogens is 1. The molecule has 2 N–H and O–H groups in total. The minimum Gasteiger partial charge on any atom is -0.338 e. The minimum atomic E-state index is 0.0500. The number of carbonyl (C=O) groups is 1. The van der Waals surface area contributed by atoms with E-state index in [2.05, 4.69) is 56.0 Å². The quantitative estimate of drug-likeness (QED) is 0.129. The van der Waals surface area contributed by atoms with Crippen molar-refractivity contribution < 1.29 is 9.28 Å². The van der Waals surface area contributed by atoms with Crippen molar-refractivity contribution in [3.63, 3.8) is 0 Å². The summed E-state index contributed by atoms with van der Waals surface area (Å²) in [7, 11) is 0. The van der Waals surface area contributed by atoms with Crippen LogP contribution < -0.4 is 10.6 Å². The smallest absolute Gasteiger partial charge is 0.221 e. The monoisotopic (exact) mass is 434 g/mol. The fourth-order valence-corrected chi connectivity index (χ4v) is 4.86. The number of nitrogens with zero attached hydrogens (tertiary/aromatic N) is 1. The van der Waals surface area contributed by atoms with Crippen LogP contribution in [-0.2, 0) is 4.79 Å². The van der Waals surface area contributed by atoms with Crippen molar-refractivity contribution in [2.45, 2.75) is 136 Å². The zero-order chi connectivity index (χ0) is 22.8. The lowest BCUT2D eigenvalue weighted by atomic mass is 10.1. The second-order valence-electron chi connectivity index (χ2n) is 9.41. The third kappa shape index (κ3) is 11.2. The highest BCUT2D eigenvalue weighted by atomic mass is 16.1. The molecule has 0 spiro atoms. The van der Waals surface area contributed by atoms with E-state index in [1.54, 1.807) is 6.92 Å². The van der Waals surface area contributed by atoms with E-state index in [0.717, 1.165) is 17.4 Å².